The van der Waals surface area contributed by atoms with Crippen LogP contribution in [0.3, 0.4) is 0 Å². The Labute approximate surface area is 111 Å². The maximum atomic E-state index is 12.3. The molecule has 0 aromatic carbocycles. The van der Waals surface area contributed by atoms with Crippen LogP contribution in [0.1, 0.15) is 24.2 Å². The van der Waals surface area contributed by atoms with Gasteiger partial charge in [0.25, 0.3) is 0 Å². The summed E-state index contributed by atoms with van der Waals surface area (Å²) in [7, 11) is 0. The van der Waals surface area contributed by atoms with E-state index < -0.39 is 17.8 Å². The number of rotatable bonds is 3. The summed E-state index contributed by atoms with van der Waals surface area (Å²) in [5.74, 6) is -2.30. The van der Waals surface area contributed by atoms with E-state index in [1.54, 1.807) is 4.68 Å². The molecule has 102 valence electrons. The van der Waals surface area contributed by atoms with E-state index in [-0.39, 0.29) is 5.91 Å². The number of amides is 1. The quantitative estimate of drug-likeness (QED) is 0.816. The number of nitrogens with one attached hydrogen (secondary N) is 1. The molecule has 1 aliphatic rings. The Morgan fingerprint density at radius 2 is 1.68 bits per heavy atom. The Morgan fingerprint density at radius 1 is 1.16 bits per heavy atom. The summed E-state index contributed by atoms with van der Waals surface area (Å²) in [4.78, 5) is 23.4. The van der Waals surface area contributed by atoms with Crippen molar-refractivity contribution in [1.82, 2.24) is 4.68 Å². The monoisotopic (exact) mass is 262 g/mol. The molecular formula is C14H18N2O3. The van der Waals surface area contributed by atoms with Gasteiger partial charge in [-0.1, -0.05) is 12.2 Å². The van der Waals surface area contributed by atoms with Crippen LogP contribution in [0, 0.1) is 25.7 Å². The number of carbonyl (C=O) groups is 2. The molecule has 0 fully saturated rings. The van der Waals surface area contributed by atoms with E-state index in [0.29, 0.717) is 12.8 Å². The van der Waals surface area contributed by atoms with Gasteiger partial charge in [-0.05, 0) is 38.8 Å². The van der Waals surface area contributed by atoms with Crippen molar-refractivity contribution in [3.05, 3.63) is 35.7 Å². The van der Waals surface area contributed by atoms with Gasteiger partial charge >= 0.3 is 5.97 Å². The van der Waals surface area contributed by atoms with Crippen LogP contribution in [0.25, 0.3) is 0 Å². The van der Waals surface area contributed by atoms with Crippen molar-refractivity contribution in [2.75, 3.05) is 5.43 Å². The van der Waals surface area contributed by atoms with Gasteiger partial charge in [0, 0.05) is 11.4 Å². The number of carboxylic acids is 1. The highest BCUT2D eigenvalue weighted by atomic mass is 16.4. The highest BCUT2D eigenvalue weighted by molar-refractivity contribution is 5.90. The predicted octanol–water partition coefficient (Wildman–Crippen LogP) is 1.84. The molecule has 19 heavy (non-hydrogen) atoms. The Balaban J connectivity index is 2.15. The highest BCUT2D eigenvalue weighted by Crippen LogP contribution is 2.26. The minimum atomic E-state index is -0.912. The fourth-order valence-electron chi connectivity index (χ4n) is 2.41. The van der Waals surface area contributed by atoms with Gasteiger partial charge in [-0.25, -0.2) is 0 Å². The molecule has 1 aromatic heterocycles. The van der Waals surface area contributed by atoms with Crippen LogP contribution in [0.5, 0.6) is 0 Å². The standard InChI is InChI=1S/C14H18N2O3/c1-9-7-8-10(2)16(9)15-13(17)11-5-3-4-6-12(11)14(18)19/h3-4,7-8,11-12H,5-6H2,1-2H3,(H,15,17)(H,18,19). The van der Waals surface area contributed by atoms with E-state index >= 15 is 0 Å². The Bertz CT molecular complexity index is 511. The van der Waals surface area contributed by atoms with Crippen LogP contribution in [0.2, 0.25) is 0 Å². The van der Waals surface area contributed by atoms with Gasteiger partial charge in [0.2, 0.25) is 5.91 Å². The van der Waals surface area contributed by atoms with Gasteiger partial charge in [-0.15, -0.1) is 0 Å². The second kappa shape index (κ2) is 5.30. The molecule has 1 aromatic rings. The third kappa shape index (κ3) is 2.70. The normalized spacial score (nSPS) is 22.2. The van der Waals surface area contributed by atoms with Crippen molar-refractivity contribution in [2.24, 2.45) is 11.8 Å². The van der Waals surface area contributed by atoms with Crippen LogP contribution >= 0.6 is 0 Å². The number of aliphatic carboxylic acids is 1. The fraction of sp³-hybridized carbons (Fsp3) is 0.429. The molecule has 2 N–H and O–H groups in total. The lowest BCUT2D eigenvalue weighted by atomic mass is 9.82. The third-order valence-electron chi connectivity index (χ3n) is 3.58. The molecule has 0 radical (unpaired) electrons. The van der Waals surface area contributed by atoms with E-state index in [1.807, 2.05) is 38.1 Å². The number of allylic oxidation sites excluding steroid dienone is 2. The fourth-order valence-corrected chi connectivity index (χ4v) is 2.41. The molecule has 1 heterocycles. The number of hydrogen-bond acceptors (Lipinski definition) is 2. The molecule has 0 saturated heterocycles. The van der Waals surface area contributed by atoms with Gasteiger partial charge in [-0.2, -0.15) is 0 Å². The molecule has 0 aliphatic heterocycles. The van der Waals surface area contributed by atoms with E-state index in [4.69, 9.17) is 0 Å². The first-order chi connectivity index (χ1) is 9.00. The third-order valence-corrected chi connectivity index (χ3v) is 3.58. The Kier molecular flexibility index (Phi) is 3.74. The summed E-state index contributed by atoms with van der Waals surface area (Å²) >= 11 is 0. The van der Waals surface area contributed by atoms with Crippen molar-refractivity contribution in [1.29, 1.82) is 0 Å². The second-order valence-corrected chi connectivity index (χ2v) is 4.92. The first-order valence-corrected chi connectivity index (χ1v) is 6.34. The van der Waals surface area contributed by atoms with Crippen LogP contribution in [-0.4, -0.2) is 21.7 Å². The average molecular weight is 262 g/mol. The largest absolute Gasteiger partial charge is 0.481 e. The lowest BCUT2D eigenvalue weighted by Gasteiger charge is -2.25. The predicted molar refractivity (Wildman–Crippen MR) is 71.3 cm³/mol. The highest BCUT2D eigenvalue weighted by Gasteiger charge is 2.34. The van der Waals surface area contributed by atoms with Crippen LogP contribution in [0.15, 0.2) is 24.3 Å². The second-order valence-electron chi connectivity index (χ2n) is 4.92. The van der Waals surface area contributed by atoms with Crippen LogP contribution < -0.4 is 5.43 Å². The van der Waals surface area contributed by atoms with Gasteiger partial charge in [0.05, 0.1) is 11.8 Å². The molecule has 5 nitrogen and oxygen atoms in total. The maximum absolute atomic E-state index is 12.3. The maximum Gasteiger partial charge on any atom is 0.307 e. The van der Waals surface area contributed by atoms with Crippen molar-refractivity contribution in [3.63, 3.8) is 0 Å². The first kappa shape index (κ1) is 13.4. The van der Waals surface area contributed by atoms with E-state index in [0.717, 1.165) is 11.4 Å². The Morgan fingerprint density at radius 3 is 2.21 bits per heavy atom. The van der Waals surface area contributed by atoms with E-state index in [1.165, 1.54) is 0 Å². The molecule has 0 bridgehead atoms. The summed E-state index contributed by atoms with van der Waals surface area (Å²) in [5, 5.41) is 9.17. The first-order valence-electron chi connectivity index (χ1n) is 6.34. The SMILES string of the molecule is Cc1ccc(C)n1NC(=O)C1CC=CCC1C(=O)O. The number of aryl methyl sites for hydroxylation is 2. The number of carbonyl (C=O) groups excluding carboxylic acids is 1. The van der Waals surface area contributed by atoms with Gasteiger partial charge in [-0.3, -0.25) is 19.7 Å². The molecule has 1 amide bonds. The van der Waals surface area contributed by atoms with Crippen molar-refractivity contribution < 1.29 is 14.7 Å². The van der Waals surface area contributed by atoms with Crippen LogP contribution in [-0.2, 0) is 9.59 Å². The topological polar surface area (TPSA) is 71.3 Å². The lowest BCUT2D eigenvalue weighted by Crippen LogP contribution is -2.38. The van der Waals surface area contributed by atoms with E-state index in [2.05, 4.69) is 5.43 Å². The van der Waals surface area contributed by atoms with Gasteiger partial charge < -0.3 is 5.11 Å². The zero-order chi connectivity index (χ0) is 14.0. The summed E-state index contributed by atoms with van der Waals surface area (Å²) in [6, 6.07) is 3.82. The molecule has 5 heteroatoms. The molecule has 0 saturated carbocycles. The number of nitrogens with zero attached hydrogens (tertiary/aromatic N) is 1. The zero-order valence-corrected chi connectivity index (χ0v) is 11.1. The lowest BCUT2D eigenvalue weighted by molar-refractivity contribution is -0.146. The summed E-state index contributed by atoms with van der Waals surface area (Å²) < 4.78 is 1.69. The molecule has 0 spiro atoms. The molecular weight excluding hydrogens is 244 g/mol. The molecule has 2 unspecified atom stereocenters. The smallest absolute Gasteiger partial charge is 0.307 e. The average Bonchev–Trinajstić information content (AvgIpc) is 2.70. The number of carboxylic acid groups (broad SMARTS) is 1. The van der Waals surface area contributed by atoms with Crippen molar-refractivity contribution in [3.8, 4) is 0 Å². The minimum Gasteiger partial charge on any atom is -0.481 e. The Hall–Kier alpha value is -2.04. The van der Waals surface area contributed by atoms with Crippen molar-refractivity contribution in [2.45, 2.75) is 26.7 Å². The number of aromatic nitrogens is 1. The molecule has 1 aliphatic carbocycles. The molecule has 2 rings (SSSR count). The minimum absolute atomic E-state index is 0.237. The summed E-state index contributed by atoms with van der Waals surface area (Å²) in [5.41, 5.74) is 4.63. The van der Waals surface area contributed by atoms with Gasteiger partial charge in [0.1, 0.15) is 0 Å². The molecule has 2 atom stereocenters. The van der Waals surface area contributed by atoms with Crippen molar-refractivity contribution >= 4 is 11.9 Å². The van der Waals surface area contributed by atoms with Crippen LogP contribution in [0.4, 0.5) is 0 Å². The van der Waals surface area contributed by atoms with Gasteiger partial charge in [0.15, 0.2) is 0 Å². The summed E-state index contributed by atoms with van der Waals surface area (Å²) in [6.07, 6.45) is 4.59. The number of hydrogen-bond donors (Lipinski definition) is 2. The zero-order valence-electron chi connectivity index (χ0n) is 11.1. The van der Waals surface area contributed by atoms with E-state index in [9.17, 15) is 14.7 Å². The summed E-state index contributed by atoms with van der Waals surface area (Å²) in [6.45, 7) is 3.78.